The van der Waals surface area contributed by atoms with Crippen molar-refractivity contribution in [3.05, 3.63) is 23.8 Å². The fraction of sp³-hybridized carbons (Fsp3) is 0.385. The van der Waals surface area contributed by atoms with Crippen molar-refractivity contribution in [1.29, 1.82) is 5.26 Å². The molecule has 0 spiro atoms. The highest BCUT2D eigenvalue weighted by atomic mass is 16.5. The smallest absolute Gasteiger partial charge is 0.221 e. The first-order valence-electron chi connectivity index (χ1n) is 5.48. The first kappa shape index (κ1) is 13.8. The fourth-order valence-corrected chi connectivity index (χ4v) is 1.60. The van der Waals surface area contributed by atoms with Crippen molar-refractivity contribution in [2.45, 2.75) is 12.3 Å². The Balaban J connectivity index is 3.00. The molecule has 1 amide bonds. The van der Waals surface area contributed by atoms with E-state index >= 15 is 0 Å². The maximum Gasteiger partial charge on any atom is 0.221 e. The molecule has 1 rings (SSSR count). The summed E-state index contributed by atoms with van der Waals surface area (Å²) in [6, 6.07) is 7.32. The fourth-order valence-electron chi connectivity index (χ4n) is 1.60. The molecule has 0 aliphatic heterocycles. The summed E-state index contributed by atoms with van der Waals surface area (Å²) in [5.74, 6) is 0.478. The maximum absolute atomic E-state index is 11.3. The normalized spacial score (nSPS) is 11.2. The number of carbonyl (C=O) groups is 1. The summed E-state index contributed by atoms with van der Waals surface area (Å²) in [6.45, 7) is 0. The van der Waals surface area contributed by atoms with Gasteiger partial charge in [0.05, 0.1) is 26.2 Å². The molecule has 1 aromatic rings. The van der Waals surface area contributed by atoms with Gasteiger partial charge in [0.1, 0.15) is 0 Å². The average molecular weight is 248 g/mol. The van der Waals surface area contributed by atoms with Gasteiger partial charge < -0.3 is 14.8 Å². The van der Waals surface area contributed by atoms with Gasteiger partial charge in [0.25, 0.3) is 0 Å². The molecule has 1 atom stereocenters. The number of amides is 1. The molecule has 0 heterocycles. The Bertz CT molecular complexity index is 466. The van der Waals surface area contributed by atoms with E-state index in [1.165, 1.54) is 7.11 Å². The number of nitrogens with one attached hydrogen (secondary N) is 1. The van der Waals surface area contributed by atoms with E-state index in [0.29, 0.717) is 11.5 Å². The molecular formula is C13H16N2O3. The molecule has 1 N–H and O–H groups in total. The number of methoxy groups -OCH3 is 2. The minimum Gasteiger partial charge on any atom is -0.493 e. The predicted molar refractivity (Wildman–Crippen MR) is 66.6 cm³/mol. The number of nitrogens with zero attached hydrogens (tertiary/aromatic N) is 1. The zero-order valence-electron chi connectivity index (χ0n) is 10.7. The molecule has 0 radical (unpaired) electrons. The van der Waals surface area contributed by atoms with Crippen LogP contribution in [0.5, 0.6) is 11.5 Å². The standard InChI is InChI=1S/C13H16N2O3/c1-15-13(16)7-10(8-14)9-4-5-11(17-2)12(6-9)18-3/h4-6,10H,7H2,1-3H3,(H,15,16). The Morgan fingerprint density at radius 1 is 1.39 bits per heavy atom. The van der Waals surface area contributed by atoms with Crippen molar-refractivity contribution >= 4 is 5.91 Å². The van der Waals surface area contributed by atoms with Crippen LogP contribution < -0.4 is 14.8 Å². The monoisotopic (exact) mass is 248 g/mol. The lowest BCUT2D eigenvalue weighted by atomic mass is 9.96. The Morgan fingerprint density at radius 2 is 2.06 bits per heavy atom. The first-order valence-corrected chi connectivity index (χ1v) is 5.48. The molecule has 0 aliphatic rings. The molecule has 0 fully saturated rings. The van der Waals surface area contributed by atoms with Crippen LogP contribution in [-0.2, 0) is 4.79 Å². The molecular weight excluding hydrogens is 232 g/mol. The van der Waals surface area contributed by atoms with Gasteiger partial charge in [-0.1, -0.05) is 6.07 Å². The minimum atomic E-state index is -0.496. The van der Waals surface area contributed by atoms with Crippen molar-refractivity contribution in [2.75, 3.05) is 21.3 Å². The second kappa shape index (κ2) is 6.50. The van der Waals surface area contributed by atoms with Gasteiger partial charge in [-0.2, -0.15) is 5.26 Å². The van der Waals surface area contributed by atoms with Crippen LogP contribution in [0.2, 0.25) is 0 Å². The summed E-state index contributed by atoms with van der Waals surface area (Å²) < 4.78 is 10.3. The highest BCUT2D eigenvalue weighted by molar-refractivity contribution is 5.77. The Hall–Kier alpha value is -2.22. The summed E-state index contributed by atoms with van der Waals surface area (Å²) in [4.78, 5) is 11.3. The predicted octanol–water partition coefficient (Wildman–Crippen LogP) is 1.45. The highest BCUT2D eigenvalue weighted by Gasteiger charge is 2.16. The summed E-state index contributed by atoms with van der Waals surface area (Å²) in [6.07, 6.45) is 0.127. The van der Waals surface area contributed by atoms with Gasteiger partial charge in [-0.05, 0) is 17.7 Å². The molecule has 1 aromatic carbocycles. The van der Waals surface area contributed by atoms with Crippen LogP contribution >= 0.6 is 0 Å². The number of rotatable bonds is 5. The quantitative estimate of drug-likeness (QED) is 0.856. The van der Waals surface area contributed by atoms with Gasteiger partial charge in [-0.25, -0.2) is 0 Å². The van der Waals surface area contributed by atoms with E-state index in [1.54, 1.807) is 32.4 Å². The first-order chi connectivity index (χ1) is 8.65. The Morgan fingerprint density at radius 3 is 2.56 bits per heavy atom. The van der Waals surface area contributed by atoms with Crippen LogP contribution in [0.1, 0.15) is 17.9 Å². The topological polar surface area (TPSA) is 71.4 Å². The number of hydrogen-bond donors (Lipinski definition) is 1. The van der Waals surface area contributed by atoms with Crippen molar-refractivity contribution in [3.8, 4) is 17.6 Å². The third-order valence-electron chi connectivity index (χ3n) is 2.63. The highest BCUT2D eigenvalue weighted by Crippen LogP contribution is 2.31. The molecule has 5 heteroatoms. The summed E-state index contributed by atoms with van der Waals surface area (Å²) in [5, 5.41) is 11.6. The molecule has 1 unspecified atom stereocenters. The second-order valence-corrected chi connectivity index (χ2v) is 3.67. The van der Waals surface area contributed by atoms with Crippen LogP contribution in [0.15, 0.2) is 18.2 Å². The summed E-state index contributed by atoms with van der Waals surface area (Å²) in [5.41, 5.74) is 0.735. The van der Waals surface area contributed by atoms with Crippen LogP contribution in [0.4, 0.5) is 0 Å². The van der Waals surface area contributed by atoms with E-state index in [9.17, 15) is 4.79 Å². The van der Waals surface area contributed by atoms with Crippen molar-refractivity contribution in [1.82, 2.24) is 5.32 Å². The van der Waals surface area contributed by atoms with E-state index < -0.39 is 5.92 Å². The maximum atomic E-state index is 11.3. The van der Waals surface area contributed by atoms with Crippen LogP contribution in [-0.4, -0.2) is 27.2 Å². The van der Waals surface area contributed by atoms with Crippen molar-refractivity contribution in [3.63, 3.8) is 0 Å². The molecule has 0 aromatic heterocycles. The third-order valence-corrected chi connectivity index (χ3v) is 2.63. The SMILES string of the molecule is CNC(=O)CC(C#N)c1ccc(OC)c(OC)c1. The molecule has 18 heavy (non-hydrogen) atoms. The van der Waals surface area contributed by atoms with Crippen LogP contribution in [0.3, 0.4) is 0 Å². The number of benzene rings is 1. The van der Waals surface area contributed by atoms with Gasteiger partial charge in [0, 0.05) is 13.5 Å². The molecule has 0 saturated carbocycles. The lowest BCUT2D eigenvalue weighted by Crippen LogP contribution is -2.20. The van der Waals surface area contributed by atoms with Crippen molar-refractivity contribution < 1.29 is 14.3 Å². The van der Waals surface area contributed by atoms with E-state index in [0.717, 1.165) is 5.56 Å². The number of carbonyl (C=O) groups excluding carboxylic acids is 1. The zero-order chi connectivity index (χ0) is 13.5. The number of hydrogen-bond acceptors (Lipinski definition) is 4. The molecule has 0 bridgehead atoms. The molecule has 0 aliphatic carbocycles. The van der Waals surface area contributed by atoms with E-state index in [2.05, 4.69) is 11.4 Å². The van der Waals surface area contributed by atoms with Crippen LogP contribution in [0, 0.1) is 11.3 Å². The third kappa shape index (κ3) is 3.14. The molecule has 96 valence electrons. The minimum absolute atomic E-state index is 0.127. The number of nitriles is 1. The van der Waals surface area contributed by atoms with Gasteiger partial charge in [0.2, 0.25) is 5.91 Å². The Labute approximate surface area is 106 Å². The lowest BCUT2D eigenvalue weighted by molar-refractivity contribution is -0.120. The van der Waals surface area contributed by atoms with Gasteiger partial charge in [0.15, 0.2) is 11.5 Å². The summed E-state index contributed by atoms with van der Waals surface area (Å²) in [7, 11) is 4.62. The molecule has 5 nitrogen and oxygen atoms in total. The average Bonchev–Trinajstić information content (AvgIpc) is 2.43. The van der Waals surface area contributed by atoms with Gasteiger partial charge in [-0.15, -0.1) is 0 Å². The molecule has 0 saturated heterocycles. The van der Waals surface area contributed by atoms with Gasteiger partial charge in [-0.3, -0.25) is 4.79 Å². The second-order valence-electron chi connectivity index (χ2n) is 3.67. The van der Waals surface area contributed by atoms with E-state index in [-0.39, 0.29) is 12.3 Å². The van der Waals surface area contributed by atoms with E-state index in [4.69, 9.17) is 14.7 Å². The Kier molecular flexibility index (Phi) is 5.00. The van der Waals surface area contributed by atoms with Crippen molar-refractivity contribution in [2.24, 2.45) is 0 Å². The van der Waals surface area contributed by atoms with E-state index in [1.807, 2.05) is 0 Å². The summed E-state index contributed by atoms with van der Waals surface area (Å²) >= 11 is 0. The zero-order valence-corrected chi connectivity index (χ0v) is 10.7. The lowest BCUT2D eigenvalue weighted by Gasteiger charge is -2.12. The van der Waals surface area contributed by atoms with Gasteiger partial charge >= 0.3 is 0 Å². The number of ether oxygens (including phenoxy) is 2. The van der Waals surface area contributed by atoms with Crippen LogP contribution in [0.25, 0.3) is 0 Å². The largest absolute Gasteiger partial charge is 0.493 e.